The molecule has 2 aromatic carbocycles. The number of fused-ring (bicyclic) bond motifs is 1. The summed E-state index contributed by atoms with van der Waals surface area (Å²) in [7, 11) is 0. The number of aliphatic hydroxyl groups is 1. The van der Waals surface area contributed by atoms with E-state index in [1.165, 1.54) is 12.1 Å². The van der Waals surface area contributed by atoms with Crippen LogP contribution in [-0.4, -0.2) is 9.67 Å². The standard InChI is InChI=1S/C16H12BrF2NO/c17-13-4-5-14(18)12(16(13)19)8-20-7-6-11-10(9-21)2-1-3-15(11)20/h1-7,21H,8-9H2. The Morgan fingerprint density at radius 2 is 1.90 bits per heavy atom. The van der Waals surface area contributed by atoms with Crippen LogP contribution in [-0.2, 0) is 13.2 Å². The van der Waals surface area contributed by atoms with Crippen LogP contribution < -0.4 is 0 Å². The molecule has 0 aliphatic heterocycles. The van der Waals surface area contributed by atoms with Gasteiger partial charge in [0, 0.05) is 22.7 Å². The van der Waals surface area contributed by atoms with Crippen LogP contribution in [0.25, 0.3) is 10.9 Å². The van der Waals surface area contributed by atoms with Crippen LogP contribution in [0, 0.1) is 11.6 Å². The molecule has 3 aromatic rings. The first-order valence-corrected chi connectivity index (χ1v) is 7.21. The van der Waals surface area contributed by atoms with Crippen LogP contribution in [0.1, 0.15) is 11.1 Å². The van der Waals surface area contributed by atoms with E-state index in [1.54, 1.807) is 10.8 Å². The number of aliphatic hydroxyl groups excluding tert-OH is 1. The van der Waals surface area contributed by atoms with Crippen molar-refractivity contribution >= 4 is 26.8 Å². The lowest BCUT2D eigenvalue weighted by Gasteiger charge is -2.10. The average molecular weight is 352 g/mol. The quantitative estimate of drug-likeness (QED) is 0.702. The summed E-state index contributed by atoms with van der Waals surface area (Å²) >= 11 is 3.07. The van der Waals surface area contributed by atoms with Gasteiger partial charge in [-0.2, -0.15) is 0 Å². The highest BCUT2D eigenvalue weighted by Gasteiger charge is 2.14. The Balaban J connectivity index is 2.09. The summed E-state index contributed by atoms with van der Waals surface area (Å²) in [5, 5.41) is 10.2. The number of benzene rings is 2. The smallest absolute Gasteiger partial charge is 0.145 e. The zero-order chi connectivity index (χ0) is 15.0. The number of hydrogen-bond donors (Lipinski definition) is 1. The Hall–Kier alpha value is -1.72. The molecule has 0 fully saturated rings. The topological polar surface area (TPSA) is 25.2 Å². The third-order valence-electron chi connectivity index (χ3n) is 3.54. The van der Waals surface area contributed by atoms with Gasteiger partial charge in [-0.05, 0) is 45.8 Å². The van der Waals surface area contributed by atoms with E-state index in [1.807, 2.05) is 24.3 Å². The van der Waals surface area contributed by atoms with E-state index in [0.717, 1.165) is 16.5 Å². The second kappa shape index (κ2) is 5.58. The van der Waals surface area contributed by atoms with E-state index in [-0.39, 0.29) is 23.2 Å². The molecule has 108 valence electrons. The van der Waals surface area contributed by atoms with Crippen molar-refractivity contribution in [1.82, 2.24) is 4.57 Å². The lowest BCUT2D eigenvalue weighted by atomic mass is 10.1. The highest BCUT2D eigenvalue weighted by Crippen LogP contribution is 2.25. The number of aromatic nitrogens is 1. The molecule has 0 spiro atoms. The van der Waals surface area contributed by atoms with Gasteiger partial charge >= 0.3 is 0 Å². The largest absolute Gasteiger partial charge is 0.392 e. The minimum absolute atomic E-state index is 0.0104. The van der Waals surface area contributed by atoms with Crippen LogP contribution in [0.2, 0.25) is 0 Å². The van der Waals surface area contributed by atoms with Crippen molar-refractivity contribution in [2.24, 2.45) is 0 Å². The average Bonchev–Trinajstić information content (AvgIpc) is 2.90. The highest BCUT2D eigenvalue weighted by atomic mass is 79.9. The van der Waals surface area contributed by atoms with Gasteiger partial charge in [0.1, 0.15) is 11.6 Å². The van der Waals surface area contributed by atoms with Gasteiger partial charge in [-0.3, -0.25) is 0 Å². The summed E-state index contributed by atoms with van der Waals surface area (Å²) in [4.78, 5) is 0. The molecular weight excluding hydrogens is 340 g/mol. The second-order valence-corrected chi connectivity index (χ2v) is 5.63. The van der Waals surface area contributed by atoms with Gasteiger partial charge < -0.3 is 9.67 Å². The fourth-order valence-electron chi connectivity index (χ4n) is 2.45. The van der Waals surface area contributed by atoms with E-state index in [0.29, 0.717) is 0 Å². The first-order valence-electron chi connectivity index (χ1n) is 6.42. The molecule has 0 radical (unpaired) electrons. The van der Waals surface area contributed by atoms with Gasteiger partial charge in [0.25, 0.3) is 0 Å². The zero-order valence-corrected chi connectivity index (χ0v) is 12.6. The van der Waals surface area contributed by atoms with Crippen molar-refractivity contribution in [2.45, 2.75) is 13.2 Å². The van der Waals surface area contributed by atoms with Gasteiger partial charge in [-0.25, -0.2) is 8.78 Å². The highest BCUT2D eigenvalue weighted by molar-refractivity contribution is 9.10. The van der Waals surface area contributed by atoms with Gasteiger partial charge in [0.05, 0.1) is 17.6 Å². The second-order valence-electron chi connectivity index (χ2n) is 4.77. The molecule has 0 bridgehead atoms. The lowest BCUT2D eigenvalue weighted by molar-refractivity contribution is 0.283. The Morgan fingerprint density at radius 1 is 1.10 bits per heavy atom. The molecule has 0 saturated carbocycles. The maximum atomic E-state index is 14.1. The first kappa shape index (κ1) is 14.2. The number of halogens is 3. The van der Waals surface area contributed by atoms with Gasteiger partial charge in [-0.1, -0.05) is 12.1 Å². The Bertz CT molecular complexity index is 813. The third kappa shape index (κ3) is 2.47. The normalized spacial score (nSPS) is 11.2. The molecule has 0 aliphatic rings. The molecule has 0 amide bonds. The van der Waals surface area contributed by atoms with Crippen molar-refractivity contribution in [1.29, 1.82) is 0 Å². The van der Waals surface area contributed by atoms with Gasteiger partial charge in [-0.15, -0.1) is 0 Å². The molecule has 21 heavy (non-hydrogen) atoms. The molecule has 0 atom stereocenters. The molecular formula is C16H12BrF2NO. The lowest BCUT2D eigenvalue weighted by Crippen LogP contribution is -2.04. The fraction of sp³-hybridized carbons (Fsp3) is 0.125. The maximum Gasteiger partial charge on any atom is 0.145 e. The predicted octanol–water partition coefficient (Wildman–Crippen LogP) is 4.22. The van der Waals surface area contributed by atoms with Crippen molar-refractivity contribution < 1.29 is 13.9 Å². The molecule has 3 rings (SSSR count). The number of rotatable bonds is 3. The molecule has 1 aromatic heterocycles. The van der Waals surface area contributed by atoms with E-state index < -0.39 is 11.6 Å². The summed E-state index contributed by atoms with van der Waals surface area (Å²) in [6.07, 6.45) is 1.77. The minimum atomic E-state index is -0.588. The SMILES string of the molecule is OCc1cccc2c1ccn2Cc1c(F)ccc(Br)c1F. The number of nitrogens with zero attached hydrogens (tertiary/aromatic N) is 1. The number of hydrogen-bond acceptors (Lipinski definition) is 1. The van der Waals surface area contributed by atoms with Crippen molar-refractivity contribution in [2.75, 3.05) is 0 Å². The van der Waals surface area contributed by atoms with Crippen LogP contribution in [0.4, 0.5) is 8.78 Å². The zero-order valence-electron chi connectivity index (χ0n) is 11.0. The van der Waals surface area contributed by atoms with Crippen molar-refractivity contribution in [3.63, 3.8) is 0 Å². The first-order chi connectivity index (χ1) is 10.1. The molecule has 2 nitrogen and oxygen atoms in total. The molecule has 0 aliphatic carbocycles. The summed E-state index contributed by atoms with van der Waals surface area (Å²) in [5.41, 5.74) is 1.64. The molecule has 0 unspecified atom stereocenters. The predicted molar refractivity (Wildman–Crippen MR) is 81.0 cm³/mol. The summed E-state index contributed by atoms with van der Waals surface area (Å²) < 4.78 is 29.9. The summed E-state index contributed by atoms with van der Waals surface area (Å²) in [6.45, 7) is 0.0243. The summed E-state index contributed by atoms with van der Waals surface area (Å²) in [5.74, 6) is -1.16. The Labute approximate surface area is 128 Å². The summed E-state index contributed by atoms with van der Waals surface area (Å²) in [6, 6.07) is 9.95. The van der Waals surface area contributed by atoms with Gasteiger partial charge in [0.2, 0.25) is 0 Å². The maximum absolute atomic E-state index is 14.1. The van der Waals surface area contributed by atoms with E-state index in [2.05, 4.69) is 15.9 Å². The Morgan fingerprint density at radius 3 is 2.67 bits per heavy atom. The monoisotopic (exact) mass is 351 g/mol. The van der Waals surface area contributed by atoms with Crippen LogP contribution >= 0.6 is 15.9 Å². The minimum Gasteiger partial charge on any atom is -0.392 e. The van der Waals surface area contributed by atoms with Crippen molar-refractivity contribution in [3.05, 3.63) is 69.8 Å². The Kier molecular flexibility index (Phi) is 3.78. The van der Waals surface area contributed by atoms with Gasteiger partial charge in [0.15, 0.2) is 0 Å². The van der Waals surface area contributed by atoms with E-state index >= 15 is 0 Å². The fourth-order valence-corrected chi connectivity index (χ4v) is 2.82. The van der Waals surface area contributed by atoms with Crippen molar-refractivity contribution in [3.8, 4) is 0 Å². The van der Waals surface area contributed by atoms with Crippen LogP contribution in [0.3, 0.4) is 0 Å². The molecule has 1 N–H and O–H groups in total. The van der Waals surface area contributed by atoms with Crippen LogP contribution in [0.5, 0.6) is 0 Å². The molecule has 1 heterocycles. The molecule has 5 heteroatoms. The van der Waals surface area contributed by atoms with Crippen LogP contribution in [0.15, 0.2) is 47.1 Å². The molecule has 0 saturated heterocycles. The van der Waals surface area contributed by atoms with E-state index in [4.69, 9.17) is 0 Å². The third-order valence-corrected chi connectivity index (χ3v) is 4.15. The van der Waals surface area contributed by atoms with E-state index in [9.17, 15) is 13.9 Å².